The van der Waals surface area contributed by atoms with Gasteiger partial charge in [0.2, 0.25) is 10.0 Å². The van der Waals surface area contributed by atoms with Crippen molar-refractivity contribution in [2.24, 2.45) is 0 Å². The highest BCUT2D eigenvalue weighted by atomic mass is 79.9. The van der Waals surface area contributed by atoms with Gasteiger partial charge < -0.3 is 4.74 Å². The molecule has 7 heteroatoms. The summed E-state index contributed by atoms with van der Waals surface area (Å²) in [6.45, 7) is 2.58. The maximum atomic E-state index is 13.3. The molecule has 0 atom stereocenters. The van der Waals surface area contributed by atoms with Crippen molar-refractivity contribution in [3.8, 4) is 0 Å². The van der Waals surface area contributed by atoms with Crippen LogP contribution in [0.25, 0.3) is 0 Å². The average Bonchev–Trinajstić information content (AvgIpc) is 2.37. The van der Waals surface area contributed by atoms with Crippen LogP contribution in [0.2, 0.25) is 0 Å². The van der Waals surface area contributed by atoms with Gasteiger partial charge in [0.15, 0.2) is 0 Å². The molecule has 1 saturated heterocycles. The summed E-state index contributed by atoms with van der Waals surface area (Å²) in [5.74, 6) is -0.411. The Bertz CT molecular complexity index is 571. The van der Waals surface area contributed by atoms with Crippen LogP contribution in [0.5, 0.6) is 0 Å². The van der Waals surface area contributed by atoms with Crippen LogP contribution in [0.1, 0.15) is 18.4 Å². The SMILES string of the molecule is Cc1cc(F)c(Br)cc1NS(=O)(=O)C1CCOCC1. The maximum absolute atomic E-state index is 13.3. The minimum absolute atomic E-state index is 0.239. The number of nitrogens with one attached hydrogen (secondary N) is 1. The monoisotopic (exact) mass is 351 g/mol. The van der Waals surface area contributed by atoms with Crippen LogP contribution in [0.4, 0.5) is 10.1 Å². The van der Waals surface area contributed by atoms with E-state index >= 15 is 0 Å². The molecule has 106 valence electrons. The Morgan fingerprint density at radius 1 is 1.37 bits per heavy atom. The third kappa shape index (κ3) is 3.46. The molecule has 1 N–H and O–H groups in total. The van der Waals surface area contributed by atoms with Crippen molar-refractivity contribution in [3.05, 3.63) is 28.0 Å². The number of hydrogen-bond donors (Lipinski definition) is 1. The topological polar surface area (TPSA) is 55.4 Å². The van der Waals surface area contributed by atoms with Crippen molar-refractivity contribution in [3.63, 3.8) is 0 Å². The van der Waals surface area contributed by atoms with Gasteiger partial charge in [0.1, 0.15) is 5.82 Å². The second-order valence-corrected chi connectivity index (χ2v) is 7.36. The van der Waals surface area contributed by atoms with Crippen molar-refractivity contribution in [2.45, 2.75) is 25.0 Å². The quantitative estimate of drug-likeness (QED) is 0.910. The molecular weight excluding hydrogens is 337 g/mol. The zero-order chi connectivity index (χ0) is 14.0. The molecule has 0 amide bonds. The molecule has 1 fully saturated rings. The van der Waals surface area contributed by atoms with Crippen molar-refractivity contribution < 1.29 is 17.5 Å². The first kappa shape index (κ1) is 14.7. The summed E-state index contributed by atoms with van der Waals surface area (Å²) in [7, 11) is -3.46. The maximum Gasteiger partial charge on any atom is 0.235 e. The summed E-state index contributed by atoms with van der Waals surface area (Å²) in [6, 6.07) is 2.74. The Hall–Kier alpha value is -0.660. The normalized spacial score (nSPS) is 17.4. The molecule has 4 nitrogen and oxygen atoms in total. The summed E-state index contributed by atoms with van der Waals surface area (Å²) < 4.78 is 45.7. The summed E-state index contributed by atoms with van der Waals surface area (Å²) in [6.07, 6.45) is 0.966. The molecule has 0 saturated carbocycles. The number of anilines is 1. The van der Waals surface area contributed by atoms with Crippen LogP contribution < -0.4 is 4.72 Å². The van der Waals surface area contributed by atoms with E-state index < -0.39 is 21.1 Å². The molecule has 0 aromatic heterocycles. The Kier molecular flexibility index (Phi) is 4.47. The Morgan fingerprint density at radius 3 is 2.63 bits per heavy atom. The smallest absolute Gasteiger partial charge is 0.235 e. The van der Waals surface area contributed by atoms with Gasteiger partial charge in [-0.1, -0.05) is 0 Å². The number of aryl methyl sites for hydroxylation is 1. The first-order valence-corrected chi connectivity index (χ1v) is 8.29. The van der Waals surface area contributed by atoms with E-state index in [-0.39, 0.29) is 4.47 Å². The van der Waals surface area contributed by atoms with Crippen LogP contribution in [0.15, 0.2) is 16.6 Å². The van der Waals surface area contributed by atoms with Crippen molar-refractivity contribution in [1.29, 1.82) is 0 Å². The molecule has 0 bridgehead atoms. The average molecular weight is 352 g/mol. The molecule has 0 radical (unpaired) electrons. The Labute approximate surface area is 120 Å². The van der Waals surface area contributed by atoms with E-state index in [2.05, 4.69) is 20.7 Å². The lowest BCUT2D eigenvalue weighted by atomic mass is 10.2. The van der Waals surface area contributed by atoms with Crippen molar-refractivity contribution in [1.82, 2.24) is 0 Å². The number of halogens is 2. The standard InChI is InChI=1S/C12H15BrFNO3S/c1-8-6-11(14)10(13)7-12(8)15-19(16,17)9-2-4-18-5-3-9/h6-7,9,15H,2-5H2,1H3. The highest BCUT2D eigenvalue weighted by molar-refractivity contribution is 9.10. The summed E-state index contributed by atoms with van der Waals surface area (Å²) in [5.41, 5.74) is 0.955. The summed E-state index contributed by atoms with van der Waals surface area (Å²) in [5, 5.41) is -0.454. The largest absolute Gasteiger partial charge is 0.381 e. The predicted octanol–water partition coefficient (Wildman–Crippen LogP) is 2.82. The lowest BCUT2D eigenvalue weighted by molar-refractivity contribution is 0.0984. The van der Waals surface area contributed by atoms with Gasteiger partial charge in [0, 0.05) is 13.2 Å². The van der Waals surface area contributed by atoms with Gasteiger partial charge in [0.25, 0.3) is 0 Å². The second-order valence-electron chi connectivity index (χ2n) is 4.54. The molecule has 1 aromatic rings. The fourth-order valence-corrected chi connectivity index (χ4v) is 3.83. The number of benzene rings is 1. The molecule has 1 heterocycles. The van der Waals surface area contributed by atoms with E-state index in [0.29, 0.717) is 37.3 Å². The van der Waals surface area contributed by atoms with Crippen molar-refractivity contribution >= 4 is 31.6 Å². The van der Waals surface area contributed by atoms with Crippen LogP contribution in [0, 0.1) is 12.7 Å². The third-order valence-corrected chi connectivity index (χ3v) is 5.59. The second kappa shape index (κ2) is 5.76. The zero-order valence-electron chi connectivity index (χ0n) is 10.4. The zero-order valence-corrected chi connectivity index (χ0v) is 12.9. The third-order valence-electron chi connectivity index (χ3n) is 3.13. The van der Waals surface area contributed by atoms with E-state index in [1.54, 1.807) is 6.92 Å². The minimum Gasteiger partial charge on any atom is -0.381 e. The van der Waals surface area contributed by atoms with Gasteiger partial charge in [0.05, 0.1) is 15.4 Å². The Balaban J connectivity index is 2.22. The van der Waals surface area contributed by atoms with E-state index in [1.807, 2.05) is 0 Å². The number of rotatable bonds is 3. The van der Waals surface area contributed by atoms with E-state index in [4.69, 9.17) is 4.74 Å². The van der Waals surface area contributed by atoms with Gasteiger partial charge in [-0.05, 0) is 53.4 Å². The van der Waals surface area contributed by atoms with E-state index in [9.17, 15) is 12.8 Å². The molecule has 2 rings (SSSR count). The minimum atomic E-state index is -3.46. The molecule has 1 aliphatic rings. The van der Waals surface area contributed by atoms with Crippen LogP contribution >= 0.6 is 15.9 Å². The lowest BCUT2D eigenvalue weighted by Gasteiger charge is -2.23. The van der Waals surface area contributed by atoms with Crippen LogP contribution in [-0.2, 0) is 14.8 Å². The summed E-state index contributed by atoms with van der Waals surface area (Å²) >= 11 is 3.05. The molecule has 19 heavy (non-hydrogen) atoms. The van der Waals surface area contributed by atoms with Gasteiger partial charge in [-0.15, -0.1) is 0 Å². The molecular formula is C12H15BrFNO3S. The number of sulfonamides is 1. The van der Waals surface area contributed by atoms with E-state index in [1.165, 1.54) is 12.1 Å². The summed E-state index contributed by atoms with van der Waals surface area (Å²) in [4.78, 5) is 0. The first-order chi connectivity index (χ1) is 8.90. The predicted molar refractivity (Wildman–Crippen MR) is 75.2 cm³/mol. The number of hydrogen-bond acceptors (Lipinski definition) is 3. The Morgan fingerprint density at radius 2 is 2.00 bits per heavy atom. The fourth-order valence-electron chi connectivity index (χ4n) is 1.98. The highest BCUT2D eigenvalue weighted by Crippen LogP contribution is 2.27. The lowest BCUT2D eigenvalue weighted by Crippen LogP contribution is -2.33. The number of ether oxygens (including phenoxy) is 1. The van der Waals surface area contributed by atoms with Crippen LogP contribution in [0.3, 0.4) is 0 Å². The van der Waals surface area contributed by atoms with Gasteiger partial charge >= 0.3 is 0 Å². The first-order valence-electron chi connectivity index (χ1n) is 5.95. The van der Waals surface area contributed by atoms with E-state index in [0.717, 1.165) is 0 Å². The van der Waals surface area contributed by atoms with Gasteiger partial charge in [-0.2, -0.15) is 0 Å². The molecule has 0 aliphatic carbocycles. The highest BCUT2D eigenvalue weighted by Gasteiger charge is 2.28. The van der Waals surface area contributed by atoms with Gasteiger partial charge in [-0.3, -0.25) is 4.72 Å². The molecule has 0 spiro atoms. The van der Waals surface area contributed by atoms with Crippen molar-refractivity contribution in [2.75, 3.05) is 17.9 Å². The molecule has 1 aliphatic heterocycles. The molecule has 1 aromatic carbocycles. The van der Waals surface area contributed by atoms with Crippen LogP contribution in [-0.4, -0.2) is 26.9 Å². The fraction of sp³-hybridized carbons (Fsp3) is 0.500. The van der Waals surface area contributed by atoms with Gasteiger partial charge in [-0.25, -0.2) is 12.8 Å². The molecule has 0 unspecified atom stereocenters.